The molecule has 0 aliphatic carbocycles. The van der Waals surface area contributed by atoms with Crippen molar-refractivity contribution in [3.8, 4) is 11.1 Å². The molecule has 0 unspecified atom stereocenters. The van der Waals surface area contributed by atoms with Gasteiger partial charge in [-0.3, -0.25) is 0 Å². The number of nitrogens with zero attached hydrogens (tertiary/aromatic N) is 1. The number of hydrogen-bond acceptors (Lipinski definition) is 2. The fourth-order valence-electron chi connectivity index (χ4n) is 2.94. The number of nitrogen functional groups attached to an aromatic ring is 1. The molecule has 0 bridgehead atoms. The largest absolute Gasteiger partial charge is 0.618 e. The zero-order valence-corrected chi connectivity index (χ0v) is 11.9. The summed E-state index contributed by atoms with van der Waals surface area (Å²) >= 11 is 0. The molecule has 0 saturated heterocycles. The van der Waals surface area contributed by atoms with Crippen LogP contribution in [0.15, 0.2) is 72.8 Å². The summed E-state index contributed by atoms with van der Waals surface area (Å²) in [5.41, 5.74) is 10.1. The van der Waals surface area contributed by atoms with Gasteiger partial charge in [-0.15, -0.1) is 0 Å². The second-order valence-corrected chi connectivity index (χ2v) is 5.32. The molecule has 4 aromatic rings. The SMILES string of the molecule is Nc1ccccc1-c1cccc2c1cc1ccccc1[n+]2[O-]. The van der Waals surface area contributed by atoms with Gasteiger partial charge in [-0.05, 0) is 23.8 Å². The molecular formula is C19H14N2O. The minimum absolute atomic E-state index is 0.652. The molecule has 0 atom stereocenters. The van der Waals surface area contributed by atoms with Gasteiger partial charge in [-0.2, -0.15) is 4.73 Å². The predicted molar refractivity (Wildman–Crippen MR) is 90.3 cm³/mol. The Morgan fingerprint density at radius 2 is 1.41 bits per heavy atom. The monoisotopic (exact) mass is 286 g/mol. The smallest absolute Gasteiger partial charge is 0.224 e. The summed E-state index contributed by atoms with van der Waals surface area (Å²) in [5, 5.41) is 14.5. The molecule has 3 heteroatoms. The van der Waals surface area contributed by atoms with E-state index in [4.69, 9.17) is 5.73 Å². The lowest BCUT2D eigenvalue weighted by Crippen LogP contribution is -2.28. The van der Waals surface area contributed by atoms with Crippen LogP contribution < -0.4 is 10.5 Å². The van der Waals surface area contributed by atoms with Crippen LogP contribution >= 0.6 is 0 Å². The quantitative estimate of drug-likeness (QED) is 0.250. The van der Waals surface area contributed by atoms with E-state index in [2.05, 4.69) is 6.07 Å². The molecule has 2 N–H and O–H groups in total. The van der Waals surface area contributed by atoms with Gasteiger partial charge in [-0.25, -0.2) is 0 Å². The highest BCUT2D eigenvalue weighted by Gasteiger charge is 2.14. The fourth-order valence-corrected chi connectivity index (χ4v) is 2.94. The first-order chi connectivity index (χ1) is 10.8. The molecule has 1 aromatic heterocycles. The van der Waals surface area contributed by atoms with Gasteiger partial charge in [0.25, 0.3) is 0 Å². The van der Waals surface area contributed by atoms with Crippen LogP contribution in [-0.2, 0) is 0 Å². The molecule has 0 aliphatic heterocycles. The van der Waals surface area contributed by atoms with E-state index in [1.165, 1.54) is 0 Å². The summed E-state index contributed by atoms with van der Waals surface area (Å²) in [5.74, 6) is 0. The van der Waals surface area contributed by atoms with Crippen LogP contribution in [-0.4, -0.2) is 0 Å². The van der Waals surface area contributed by atoms with Crippen molar-refractivity contribution in [2.75, 3.05) is 5.73 Å². The first-order valence-corrected chi connectivity index (χ1v) is 7.14. The van der Waals surface area contributed by atoms with Crippen LogP contribution in [0.1, 0.15) is 0 Å². The summed E-state index contributed by atoms with van der Waals surface area (Å²) < 4.78 is 0.993. The second kappa shape index (κ2) is 4.74. The average Bonchev–Trinajstić information content (AvgIpc) is 2.55. The second-order valence-electron chi connectivity index (χ2n) is 5.32. The number of para-hydroxylation sites is 2. The molecule has 106 valence electrons. The summed E-state index contributed by atoms with van der Waals surface area (Å²) in [7, 11) is 0. The maximum atomic E-state index is 12.6. The Balaban J connectivity index is 2.15. The van der Waals surface area contributed by atoms with Crippen molar-refractivity contribution in [2.24, 2.45) is 0 Å². The lowest BCUT2D eigenvalue weighted by atomic mass is 9.98. The predicted octanol–water partition coefficient (Wildman–Crippen LogP) is 3.88. The van der Waals surface area contributed by atoms with Crippen molar-refractivity contribution < 1.29 is 4.73 Å². The minimum Gasteiger partial charge on any atom is -0.618 e. The van der Waals surface area contributed by atoms with Crippen molar-refractivity contribution in [1.82, 2.24) is 0 Å². The van der Waals surface area contributed by atoms with E-state index in [0.29, 0.717) is 16.7 Å². The topological polar surface area (TPSA) is 53.0 Å². The molecule has 0 amide bonds. The third-order valence-corrected chi connectivity index (χ3v) is 4.01. The van der Waals surface area contributed by atoms with E-state index in [0.717, 1.165) is 26.6 Å². The van der Waals surface area contributed by atoms with Crippen LogP contribution in [0.25, 0.3) is 32.9 Å². The van der Waals surface area contributed by atoms with Gasteiger partial charge in [0.1, 0.15) is 0 Å². The standard InChI is InChI=1S/C19H14N2O/c20-17-9-3-2-7-15(17)14-8-5-11-19-16(14)12-13-6-1-4-10-18(13)21(19)22/h1-12H,20H2. The Labute approximate surface area is 127 Å². The number of fused-ring (bicyclic) bond motifs is 2. The number of rotatable bonds is 1. The third kappa shape index (κ3) is 1.79. The molecule has 0 saturated carbocycles. The van der Waals surface area contributed by atoms with Crippen LogP contribution in [0.3, 0.4) is 0 Å². The van der Waals surface area contributed by atoms with Crippen molar-refractivity contribution in [3.05, 3.63) is 78.0 Å². The van der Waals surface area contributed by atoms with Crippen LogP contribution in [0, 0.1) is 5.21 Å². The van der Waals surface area contributed by atoms with E-state index in [9.17, 15) is 5.21 Å². The van der Waals surface area contributed by atoms with E-state index < -0.39 is 0 Å². The van der Waals surface area contributed by atoms with Crippen molar-refractivity contribution >= 4 is 27.5 Å². The minimum atomic E-state index is 0.652. The highest BCUT2D eigenvalue weighted by Crippen LogP contribution is 2.32. The van der Waals surface area contributed by atoms with E-state index in [1.807, 2.05) is 66.7 Å². The summed E-state index contributed by atoms with van der Waals surface area (Å²) in [6.45, 7) is 0. The Kier molecular flexibility index (Phi) is 2.73. The lowest BCUT2D eigenvalue weighted by molar-refractivity contribution is -0.547. The van der Waals surface area contributed by atoms with Gasteiger partial charge >= 0.3 is 0 Å². The molecule has 0 fully saturated rings. The Morgan fingerprint density at radius 1 is 0.727 bits per heavy atom. The third-order valence-electron chi connectivity index (χ3n) is 4.01. The Bertz CT molecular complexity index is 1010. The first-order valence-electron chi connectivity index (χ1n) is 7.14. The van der Waals surface area contributed by atoms with Crippen molar-refractivity contribution in [1.29, 1.82) is 0 Å². The average molecular weight is 286 g/mol. The number of nitrogens with two attached hydrogens (primary N) is 1. The molecule has 0 radical (unpaired) electrons. The summed E-state index contributed by atoms with van der Waals surface area (Å²) in [6, 6.07) is 23.1. The molecule has 0 aliphatic rings. The van der Waals surface area contributed by atoms with Crippen molar-refractivity contribution in [2.45, 2.75) is 0 Å². The molecule has 3 aromatic carbocycles. The maximum Gasteiger partial charge on any atom is 0.224 e. The normalized spacial score (nSPS) is 11.1. The first kappa shape index (κ1) is 12.7. The van der Waals surface area contributed by atoms with E-state index in [-0.39, 0.29) is 0 Å². The molecule has 3 nitrogen and oxygen atoms in total. The fraction of sp³-hybridized carbons (Fsp3) is 0. The molecule has 1 heterocycles. The van der Waals surface area contributed by atoms with Crippen LogP contribution in [0.4, 0.5) is 5.69 Å². The number of benzene rings is 3. The zero-order valence-electron chi connectivity index (χ0n) is 11.9. The molecular weight excluding hydrogens is 272 g/mol. The zero-order chi connectivity index (χ0) is 15.1. The number of aromatic nitrogens is 1. The summed E-state index contributed by atoms with van der Waals surface area (Å²) in [4.78, 5) is 0. The van der Waals surface area contributed by atoms with Gasteiger partial charge in [0.2, 0.25) is 11.0 Å². The van der Waals surface area contributed by atoms with E-state index in [1.54, 1.807) is 0 Å². The van der Waals surface area contributed by atoms with E-state index >= 15 is 0 Å². The van der Waals surface area contributed by atoms with Crippen molar-refractivity contribution in [3.63, 3.8) is 0 Å². The highest BCUT2D eigenvalue weighted by molar-refractivity contribution is 6.00. The van der Waals surface area contributed by atoms with Gasteiger partial charge in [-0.1, -0.05) is 42.5 Å². The Hall–Kier alpha value is -3.07. The molecule has 4 rings (SSSR count). The lowest BCUT2D eigenvalue weighted by Gasteiger charge is -2.11. The molecule has 22 heavy (non-hydrogen) atoms. The van der Waals surface area contributed by atoms with Gasteiger partial charge < -0.3 is 10.9 Å². The van der Waals surface area contributed by atoms with Gasteiger partial charge in [0, 0.05) is 28.8 Å². The van der Waals surface area contributed by atoms with Crippen LogP contribution in [0.2, 0.25) is 0 Å². The van der Waals surface area contributed by atoms with Gasteiger partial charge in [0.05, 0.1) is 5.39 Å². The maximum absolute atomic E-state index is 12.6. The highest BCUT2D eigenvalue weighted by atomic mass is 16.5. The summed E-state index contributed by atoms with van der Waals surface area (Å²) in [6.07, 6.45) is 0. The van der Waals surface area contributed by atoms with Crippen LogP contribution in [0.5, 0.6) is 0 Å². The van der Waals surface area contributed by atoms with Gasteiger partial charge in [0.15, 0.2) is 0 Å². The Morgan fingerprint density at radius 3 is 2.27 bits per heavy atom. The number of anilines is 1. The number of pyridine rings is 1. The number of hydrogen-bond donors (Lipinski definition) is 1. The molecule has 0 spiro atoms.